The molecule has 1 fully saturated rings. The summed E-state index contributed by atoms with van der Waals surface area (Å²) in [7, 11) is 1.95. The lowest BCUT2D eigenvalue weighted by Gasteiger charge is -2.32. The Morgan fingerprint density at radius 2 is 2.06 bits per heavy atom. The van der Waals surface area contributed by atoms with E-state index in [0.717, 1.165) is 25.9 Å². The number of aryl methyl sites for hydroxylation is 1. The Bertz CT molecular complexity index is 439. The Labute approximate surface area is 107 Å². The van der Waals surface area contributed by atoms with Gasteiger partial charge < -0.3 is 10.2 Å². The molecule has 98 valence electrons. The number of nitrogens with zero attached hydrogens (tertiary/aromatic N) is 1. The van der Waals surface area contributed by atoms with E-state index in [2.05, 4.69) is 5.32 Å². The lowest BCUT2D eigenvalue weighted by Crippen LogP contribution is -2.44. The highest BCUT2D eigenvalue weighted by molar-refractivity contribution is 5.95. The van der Waals surface area contributed by atoms with Crippen LogP contribution in [0.25, 0.3) is 0 Å². The number of nitrogens with one attached hydrogen (secondary N) is 1. The largest absolute Gasteiger partial charge is 0.339 e. The predicted octanol–water partition coefficient (Wildman–Crippen LogP) is 1.96. The number of benzene rings is 1. The third-order valence-corrected chi connectivity index (χ3v) is 3.61. The molecule has 18 heavy (non-hydrogen) atoms. The Balaban J connectivity index is 2.08. The first kappa shape index (κ1) is 13.0. The Kier molecular flexibility index (Phi) is 3.97. The van der Waals surface area contributed by atoms with Crippen LogP contribution in [0.3, 0.4) is 0 Å². The second kappa shape index (κ2) is 5.48. The van der Waals surface area contributed by atoms with Gasteiger partial charge in [0.2, 0.25) is 0 Å². The first-order valence-corrected chi connectivity index (χ1v) is 6.34. The fourth-order valence-electron chi connectivity index (χ4n) is 2.41. The van der Waals surface area contributed by atoms with Gasteiger partial charge in [-0.2, -0.15) is 0 Å². The minimum absolute atomic E-state index is 0.0158. The van der Waals surface area contributed by atoms with Crippen LogP contribution in [-0.2, 0) is 0 Å². The number of carbonyl (C=O) groups is 1. The van der Waals surface area contributed by atoms with Crippen LogP contribution >= 0.6 is 0 Å². The van der Waals surface area contributed by atoms with Gasteiger partial charge >= 0.3 is 0 Å². The molecule has 1 aromatic rings. The summed E-state index contributed by atoms with van der Waals surface area (Å²) in [5, 5.41) is 3.23. The molecule has 1 amide bonds. The monoisotopic (exact) mass is 250 g/mol. The minimum atomic E-state index is -0.294. The van der Waals surface area contributed by atoms with Crippen molar-refractivity contribution in [1.29, 1.82) is 0 Å². The van der Waals surface area contributed by atoms with E-state index in [4.69, 9.17) is 0 Å². The van der Waals surface area contributed by atoms with Crippen molar-refractivity contribution in [3.63, 3.8) is 0 Å². The van der Waals surface area contributed by atoms with Crippen molar-refractivity contribution in [3.8, 4) is 0 Å². The third-order valence-electron chi connectivity index (χ3n) is 3.61. The summed E-state index contributed by atoms with van der Waals surface area (Å²) in [5.41, 5.74) is 1.31. The van der Waals surface area contributed by atoms with Gasteiger partial charge in [0.25, 0.3) is 5.91 Å². The van der Waals surface area contributed by atoms with E-state index in [1.165, 1.54) is 12.1 Å². The summed E-state index contributed by atoms with van der Waals surface area (Å²) in [5.74, 6) is -0.278. The Morgan fingerprint density at radius 3 is 2.61 bits per heavy atom. The van der Waals surface area contributed by atoms with Crippen molar-refractivity contribution in [3.05, 3.63) is 35.1 Å². The summed E-state index contributed by atoms with van der Waals surface area (Å²) < 4.78 is 13.0. The van der Waals surface area contributed by atoms with Crippen LogP contribution in [0.2, 0.25) is 0 Å². The molecule has 2 rings (SSSR count). The van der Waals surface area contributed by atoms with E-state index in [1.807, 2.05) is 11.9 Å². The molecule has 1 aromatic carbocycles. The number of piperidine rings is 1. The van der Waals surface area contributed by atoms with Gasteiger partial charge in [-0.05, 0) is 50.6 Å². The first-order chi connectivity index (χ1) is 8.61. The fraction of sp³-hybridized carbons (Fsp3) is 0.500. The summed E-state index contributed by atoms with van der Waals surface area (Å²) in [4.78, 5) is 14.2. The molecule has 1 N–H and O–H groups in total. The normalized spacial score (nSPS) is 16.9. The quantitative estimate of drug-likeness (QED) is 0.870. The van der Waals surface area contributed by atoms with E-state index < -0.39 is 0 Å². The van der Waals surface area contributed by atoms with Gasteiger partial charge in [0.15, 0.2) is 0 Å². The number of hydrogen-bond donors (Lipinski definition) is 1. The second-order valence-electron chi connectivity index (χ2n) is 4.81. The van der Waals surface area contributed by atoms with E-state index >= 15 is 0 Å². The average Bonchev–Trinajstić information content (AvgIpc) is 2.38. The standard InChI is InChI=1S/C14H19FN2O/c1-10-9-11(15)3-4-13(10)14(18)17-7-5-12(16-2)6-8-17/h3-4,9,12,16H,5-8H2,1-2H3. The molecule has 0 atom stereocenters. The molecule has 0 saturated carbocycles. The van der Waals surface area contributed by atoms with Crippen molar-refractivity contribution in [2.45, 2.75) is 25.8 Å². The van der Waals surface area contributed by atoms with Crippen molar-refractivity contribution in [2.75, 3.05) is 20.1 Å². The zero-order valence-corrected chi connectivity index (χ0v) is 10.9. The molecular formula is C14H19FN2O. The zero-order chi connectivity index (χ0) is 13.1. The van der Waals surface area contributed by atoms with Crippen molar-refractivity contribution >= 4 is 5.91 Å². The molecule has 0 bridgehead atoms. The second-order valence-corrected chi connectivity index (χ2v) is 4.81. The maximum atomic E-state index is 13.0. The zero-order valence-electron chi connectivity index (χ0n) is 10.9. The molecule has 1 heterocycles. The van der Waals surface area contributed by atoms with Gasteiger partial charge in [-0.3, -0.25) is 4.79 Å². The minimum Gasteiger partial charge on any atom is -0.339 e. The molecule has 3 nitrogen and oxygen atoms in total. The molecule has 0 unspecified atom stereocenters. The molecule has 0 aromatic heterocycles. The van der Waals surface area contributed by atoms with Gasteiger partial charge in [-0.1, -0.05) is 0 Å². The molecule has 0 radical (unpaired) electrons. The molecular weight excluding hydrogens is 231 g/mol. The summed E-state index contributed by atoms with van der Waals surface area (Å²) in [6.45, 7) is 3.30. The Morgan fingerprint density at radius 1 is 1.39 bits per heavy atom. The molecule has 1 aliphatic heterocycles. The SMILES string of the molecule is CNC1CCN(C(=O)c2ccc(F)cc2C)CC1. The van der Waals surface area contributed by atoms with Crippen LogP contribution in [0.5, 0.6) is 0 Å². The van der Waals surface area contributed by atoms with Gasteiger partial charge in [0, 0.05) is 24.7 Å². The third kappa shape index (κ3) is 2.70. The fourth-order valence-corrected chi connectivity index (χ4v) is 2.41. The smallest absolute Gasteiger partial charge is 0.254 e. The van der Waals surface area contributed by atoms with Crippen molar-refractivity contribution < 1.29 is 9.18 Å². The lowest BCUT2D eigenvalue weighted by molar-refractivity contribution is 0.0706. The van der Waals surface area contributed by atoms with Gasteiger partial charge in [-0.15, -0.1) is 0 Å². The predicted molar refractivity (Wildman–Crippen MR) is 69.1 cm³/mol. The maximum Gasteiger partial charge on any atom is 0.254 e. The number of amides is 1. The summed E-state index contributed by atoms with van der Waals surface area (Å²) in [6.07, 6.45) is 1.95. The average molecular weight is 250 g/mol. The topological polar surface area (TPSA) is 32.3 Å². The van der Waals surface area contributed by atoms with Crippen LogP contribution in [-0.4, -0.2) is 37.0 Å². The van der Waals surface area contributed by atoms with E-state index in [9.17, 15) is 9.18 Å². The van der Waals surface area contributed by atoms with E-state index in [-0.39, 0.29) is 11.7 Å². The van der Waals surface area contributed by atoms with E-state index in [0.29, 0.717) is 17.2 Å². The highest BCUT2D eigenvalue weighted by atomic mass is 19.1. The molecule has 0 spiro atoms. The lowest BCUT2D eigenvalue weighted by atomic mass is 10.0. The van der Waals surface area contributed by atoms with Gasteiger partial charge in [0.1, 0.15) is 5.82 Å². The molecule has 4 heteroatoms. The summed E-state index contributed by atoms with van der Waals surface area (Å²) in [6, 6.07) is 4.84. The molecule has 1 saturated heterocycles. The highest BCUT2D eigenvalue weighted by Gasteiger charge is 2.23. The van der Waals surface area contributed by atoms with Gasteiger partial charge in [0.05, 0.1) is 0 Å². The van der Waals surface area contributed by atoms with Crippen LogP contribution in [0, 0.1) is 12.7 Å². The maximum absolute atomic E-state index is 13.0. The number of carbonyl (C=O) groups excluding carboxylic acids is 1. The van der Waals surface area contributed by atoms with Crippen LogP contribution in [0.1, 0.15) is 28.8 Å². The van der Waals surface area contributed by atoms with Crippen molar-refractivity contribution in [1.82, 2.24) is 10.2 Å². The molecule has 0 aliphatic carbocycles. The van der Waals surface area contributed by atoms with Crippen LogP contribution in [0.4, 0.5) is 4.39 Å². The first-order valence-electron chi connectivity index (χ1n) is 6.34. The Hall–Kier alpha value is -1.42. The van der Waals surface area contributed by atoms with Crippen LogP contribution < -0.4 is 5.32 Å². The number of rotatable bonds is 2. The number of halogens is 1. The number of hydrogen-bond acceptors (Lipinski definition) is 2. The molecule has 1 aliphatic rings. The van der Waals surface area contributed by atoms with Crippen LogP contribution in [0.15, 0.2) is 18.2 Å². The highest BCUT2D eigenvalue weighted by Crippen LogP contribution is 2.17. The van der Waals surface area contributed by atoms with E-state index in [1.54, 1.807) is 13.0 Å². The summed E-state index contributed by atoms with van der Waals surface area (Å²) >= 11 is 0. The number of likely N-dealkylation sites (tertiary alicyclic amines) is 1. The van der Waals surface area contributed by atoms with Gasteiger partial charge in [-0.25, -0.2) is 4.39 Å². The van der Waals surface area contributed by atoms with Crippen molar-refractivity contribution in [2.24, 2.45) is 0 Å².